The van der Waals surface area contributed by atoms with E-state index in [4.69, 9.17) is 16.3 Å². The third-order valence-corrected chi connectivity index (χ3v) is 9.07. The lowest BCUT2D eigenvalue weighted by Gasteiger charge is -2.29. The van der Waals surface area contributed by atoms with Crippen LogP contribution in [0, 0.1) is 6.92 Å². The van der Waals surface area contributed by atoms with E-state index in [-0.39, 0.29) is 18.0 Å². The maximum Gasteiger partial charge on any atom is 0.243 e. The molecule has 1 heterocycles. The second kappa shape index (κ2) is 11.2. The monoisotopic (exact) mass is 543 g/mol. The predicted molar refractivity (Wildman–Crippen MR) is 136 cm³/mol. The van der Waals surface area contributed by atoms with Crippen LogP contribution < -0.4 is 14.4 Å². The fourth-order valence-corrected chi connectivity index (χ4v) is 6.78. The maximum atomic E-state index is 12.7. The molecule has 1 aliphatic rings. The van der Waals surface area contributed by atoms with Crippen molar-refractivity contribution < 1.29 is 26.4 Å². The third-order valence-electron chi connectivity index (χ3n) is 5.69. The van der Waals surface area contributed by atoms with Crippen LogP contribution in [0.2, 0.25) is 5.02 Å². The molecule has 2 aromatic rings. The molecule has 1 fully saturated rings. The molecule has 1 atom stereocenters. The second-order valence-electron chi connectivity index (χ2n) is 8.39. The Morgan fingerprint density at radius 3 is 2.34 bits per heavy atom. The summed E-state index contributed by atoms with van der Waals surface area (Å²) in [5.74, 6) is -0.0366. The van der Waals surface area contributed by atoms with Crippen LogP contribution in [0.15, 0.2) is 47.4 Å². The van der Waals surface area contributed by atoms with Gasteiger partial charge in [0.25, 0.3) is 0 Å². The van der Waals surface area contributed by atoms with Gasteiger partial charge in [0.05, 0.1) is 23.4 Å². The number of hydrogen-bond acceptors (Lipinski definition) is 6. The van der Waals surface area contributed by atoms with Crippen LogP contribution in [0.4, 0.5) is 5.69 Å². The summed E-state index contributed by atoms with van der Waals surface area (Å²) in [5, 5.41) is 3.04. The first-order valence-electron chi connectivity index (χ1n) is 11.2. The highest BCUT2D eigenvalue weighted by Gasteiger charge is 2.30. The number of nitrogens with one attached hydrogen (secondary N) is 1. The van der Waals surface area contributed by atoms with Crippen molar-refractivity contribution in [3.63, 3.8) is 0 Å². The lowest BCUT2D eigenvalue weighted by Crippen LogP contribution is -2.48. The van der Waals surface area contributed by atoms with E-state index in [1.54, 1.807) is 31.2 Å². The van der Waals surface area contributed by atoms with Crippen LogP contribution in [0.3, 0.4) is 0 Å². The largest absolute Gasteiger partial charge is 0.492 e. The third kappa shape index (κ3) is 6.66. The molecule has 12 heteroatoms. The van der Waals surface area contributed by atoms with Gasteiger partial charge in [-0.1, -0.05) is 17.7 Å². The minimum atomic E-state index is -3.77. The molecule has 1 N–H and O–H groups in total. The van der Waals surface area contributed by atoms with Crippen molar-refractivity contribution in [2.45, 2.75) is 37.6 Å². The fraction of sp³-hybridized carbons (Fsp3) is 0.435. The molecule has 0 unspecified atom stereocenters. The minimum Gasteiger partial charge on any atom is -0.492 e. The molecule has 0 bridgehead atoms. The van der Waals surface area contributed by atoms with Crippen LogP contribution >= 0.6 is 11.6 Å². The van der Waals surface area contributed by atoms with Gasteiger partial charge in [0, 0.05) is 18.1 Å². The number of rotatable bonds is 10. The molecule has 1 saturated heterocycles. The number of carbonyl (C=O) groups excluding carboxylic acids is 1. The Morgan fingerprint density at radius 1 is 1.11 bits per heavy atom. The topological polar surface area (TPSA) is 113 Å². The van der Waals surface area contributed by atoms with Crippen molar-refractivity contribution in [2.75, 3.05) is 36.8 Å². The highest BCUT2D eigenvalue weighted by atomic mass is 35.5. The molecule has 0 aromatic heterocycles. The number of amides is 1. The Hall–Kier alpha value is -2.34. The van der Waals surface area contributed by atoms with Gasteiger partial charge in [0.15, 0.2) is 0 Å². The normalized spacial score (nSPS) is 15.5. The number of nitrogens with zero attached hydrogens (tertiary/aromatic N) is 2. The highest BCUT2D eigenvalue weighted by molar-refractivity contribution is 7.92. The number of ether oxygens (including phenoxy) is 1. The highest BCUT2D eigenvalue weighted by Crippen LogP contribution is 2.28. The van der Waals surface area contributed by atoms with Crippen molar-refractivity contribution in [1.29, 1.82) is 0 Å². The van der Waals surface area contributed by atoms with E-state index in [9.17, 15) is 21.6 Å². The van der Waals surface area contributed by atoms with E-state index in [2.05, 4.69) is 5.32 Å². The molecule has 9 nitrogen and oxygen atoms in total. The summed E-state index contributed by atoms with van der Waals surface area (Å²) < 4.78 is 58.3. The number of aryl methyl sites for hydroxylation is 1. The molecule has 35 heavy (non-hydrogen) atoms. The number of halogens is 1. The first-order valence-corrected chi connectivity index (χ1v) is 14.8. The van der Waals surface area contributed by atoms with Gasteiger partial charge in [-0.2, -0.15) is 4.31 Å². The summed E-state index contributed by atoms with van der Waals surface area (Å²) in [6.07, 6.45) is 2.77. The van der Waals surface area contributed by atoms with Crippen molar-refractivity contribution in [2.24, 2.45) is 0 Å². The molecule has 0 spiro atoms. The van der Waals surface area contributed by atoms with Crippen LogP contribution in [0.25, 0.3) is 0 Å². The molecule has 192 valence electrons. The van der Waals surface area contributed by atoms with Gasteiger partial charge < -0.3 is 10.1 Å². The van der Waals surface area contributed by atoms with Gasteiger partial charge in [-0.15, -0.1) is 0 Å². The van der Waals surface area contributed by atoms with Gasteiger partial charge in [-0.3, -0.25) is 9.10 Å². The van der Waals surface area contributed by atoms with E-state index < -0.39 is 32.0 Å². The predicted octanol–water partition coefficient (Wildman–Crippen LogP) is 2.78. The molecule has 1 amide bonds. The van der Waals surface area contributed by atoms with Crippen molar-refractivity contribution >= 4 is 43.2 Å². The summed E-state index contributed by atoms with van der Waals surface area (Å²) in [6.45, 7) is 4.55. The fourth-order valence-electron chi connectivity index (χ4n) is 3.88. The Bertz CT molecular complexity index is 1260. The molecular weight excluding hydrogens is 514 g/mol. The van der Waals surface area contributed by atoms with Crippen LogP contribution in [0.5, 0.6) is 5.75 Å². The van der Waals surface area contributed by atoms with Crippen molar-refractivity contribution in [3.05, 3.63) is 53.1 Å². The zero-order chi connectivity index (χ0) is 25.8. The van der Waals surface area contributed by atoms with Crippen LogP contribution in [0.1, 0.15) is 25.3 Å². The van der Waals surface area contributed by atoms with Gasteiger partial charge in [0.2, 0.25) is 26.0 Å². The second-order valence-corrected chi connectivity index (χ2v) is 12.6. The maximum absolute atomic E-state index is 12.7. The van der Waals surface area contributed by atoms with Crippen LogP contribution in [-0.2, 0) is 24.8 Å². The molecule has 0 radical (unpaired) electrons. The summed E-state index contributed by atoms with van der Waals surface area (Å²) in [5.41, 5.74) is 1.00. The molecule has 0 saturated carbocycles. The molecule has 1 aliphatic heterocycles. The lowest BCUT2D eigenvalue weighted by molar-refractivity contribution is -0.121. The summed E-state index contributed by atoms with van der Waals surface area (Å²) in [6, 6.07) is 9.98. The lowest BCUT2D eigenvalue weighted by atomic mass is 10.2. The standard InChI is InChI=1S/C23H30ClN3O6S2/c1-17-6-7-19(24)16-22(17)27(34(3,29)30)18(2)23(28)25-12-15-33-20-8-10-21(11-9-20)35(31,32)26-13-4-5-14-26/h6-11,16,18H,4-5,12-15H2,1-3H3,(H,25,28)/t18-/m0/s1. The Kier molecular flexibility index (Phi) is 8.68. The Balaban J connectivity index is 1.57. The van der Waals surface area contributed by atoms with E-state index in [1.807, 2.05) is 0 Å². The SMILES string of the molecule is Cc1ccc(Cl)cc1N([C@@H](C)C(=O)NCCOc1ccc(S(=O)(=O)N2CCCC2)cc1)S(C)(=O)=O. The summed E-state index contributed by atoms with van der Waals surface area (Å²) >= 11 is 6.05. The van der Waals surface area contributed by atoms with Gasteiger partial charge in [-0.05, 0) is 68.7 Å². The summed E-state index contributed by atoms with van der Waals surface area (Å²) in [4.78, 5) is 12.9. The minimum absolute atomic E-state index is 0.117. The Morgan fingerprint density at radius 2 is 1.74 bits per heavy atom. The molecular formula is C23H30ClN3O6S2. The first kappa shape index (κ1) is 27.3. The number of hydrogen-bond donors (Lipinski definition) is 1. The van der Waals surface area contributed by atoms with Gasteiger partial charge in [0.1, 0.15) is 18.4 Å². The Labute approximate surface area is 212 Å². The summed E-state index contributed by atoms with van der Waals surface area (Å²) in [7, 11) is -7.26. The van der Waals surface area contributed by atoms with Crippen molar-refractivity contribution in [1.82, 2.24) is 9.62 Å². The average Bonchev–Trinajstić information content (AvgIpc) is 3.34. The number of benzene rings is 2. The first-order chi connectivity index (χ1) is 16.4. The van der Waals surface area contributed by atoms with Gasteiger partial charge in [-0.25, -0.2) is 16.8 Å². The van der Waals surface area contributed by atoms with E-state index in [1.165, 1.54) is 29.4 Å². The van der Waals surface area contributed by atoms with Crippen molar-refractivity contribution in [3.8, 4) is 5.75 Å². The molecule has 3 rings (SSSR count). The van der Waals surface area contributed by atoms with Gasteiger partial charge >= 0.3 is 0 Å². The van der Waals surface area contributed by atoms with E-state index in [0.717, 1.165) is 23.4 Å². The smallest absolute Gasteiger partial charge is 0.243 e. The van der Waals surface area contributed by atoms with E-state index in [0.29, 0.717) is 35.1 Å². The number of anilines is 1. The molecule has 0 aliphatic carbocycles. The van der Waals surface area contributed by atoms with Crippen LogP contribution in [-0.4, -0.2) is 65.6 Å². The quantitative estimate of drug-likeness (QED) is 0.461. The zero-order valence-electron chi connectivity index (χ0n) is 19.9. The van der Waals surface area contributed by atoms with E-state index >= 15 is 0 Å². The zero-order valence-corrected chi connectivity index (χ0v) is 22.3. The number of sulfonamides is 2. The molecule has 2 aromatic carbocycles. The number of carbonyl (C=O) groups is 1. The average molecular weight is 544 g/mol.